The molecule has 0 aliphatic carbocycles. The maximum atomic E-state index is 11.3. The molecule has 6 heteroatoms. The predicted octanol–water partition coefficient (Wildman–Crippen LogP) is 1.35. The summed E-state index contributed by atoms with van der Waals surface area (Å²) in [6, 6.07) is 0. The summed E-state index contributed by atoms with van der Waals surface area (Å²) >= 11 is 0. The molecule has 0 bridgehead atoms. The highest BCUT2D eigenvalue weighted by molar-refractivity contribution is 5.71. The Bertz CT molecular complexity index is 375. The van der Waals surface area contributed by atoms with Gasteiger partial charge >= 0.3 is 5.97 Å². The molecule has 0 radical (unpaired) electrons. The van der Waals surface area contributed by atoms with Crippen LogP contribution in [0.1, 0.15) is 27.2 Å². The molecule has 6 nitrogen and oxygen atoms in total. The lowest BCUT2D eigenvalue weighted by atomic mass is 10.2. The zero-order valence-corrected chi connectivity index (χ0v) is 11.7. The Morgan fingerprint density at radius 2 is 2.16 bits per heavy atom. The van der Waals surface area contributed by atoms with Crippen LogP contribution in [0.5, 0.6) is 0 Å². The van der Waals surface area contributed by atoms with Crippen LogP contribution in [0, 0.1) is 0 Å². The third-order valence-corrected chi connectivity index (χ3v) is 2.95. The number of fused-ring (bicyclic) bond motifs is 1. The van der Waals surface area contributed by atoms with Gasteiger partial charge in [-0.25, -0.2) is 0 Å². The summed E-state index contributed by atoms with van der Waals surface area (Å²) < 4.78 is 27.2. The Hall–Kier alpha value is -1.11. The molecule has 2 fully saturated rings. The maximum absolute atomic E-state index is 11.3. The van der Waals surface area contributed by atoms with Gasteiger partial charge in [0.25, 0.3) is 0 Å². The normalized spacial score (nSPS) is 34.1. The van der Waals surface area contributed by atoms with Gasteiger partial charge in [0, 0.05) is 7.11 Å². The van der Waals surface area contributed by atoms with E-state index in [-0.39, 0.29) is 24.6 Å². The Morgan fingerprint density at radius 1 is 1.42 bits per heavy atom. The van der Waals surface area contributed by atoms with Gasteiger partial charge in [0.05, 0.1) is 13.0 Å². The maximum Gasteiger partial charge on any atom is 0.309 e. The van der Waals surface area contributed by atoms with Gasteiger partial charge in [0.2, 0.25) is 6.29 Å². The number of rotatable bonds is 4. The van der Waals surface area contributed by atoms with E-state index in [1.807, 2.05) is 13.8 Å². The second-order valence-electron chi connectivity index (χ2n) is 4.86. The van der Waals surface area contributed by atoms with Crippen LogP contribution in [0.15, 0.2) is 11.8 Å². The Balaban J connectivity index is 2.01. The van der Waals surface area contributed by atoms with Crippen molar-refractivity contribution in [1.82, 2.24) is 0 Å². The fourth-order valence-corrected chi connectivity index (χ4v) is 2.23. The first-order valence-electron chi connectivity index (χ1n) is 6.37. The quantitative estimate of drug-likeness (QED) is 0.720. The first-order chi connectivity index (χ1) is 8.96. The molecule has 0 spiro atoms. The zero-order valence-electron chi connectivity index (χ0n) is 11.7. The van der Waals surface area contributed by atoms with E-state index in [0.29, 0.717) is 12.4 Å². The third kappa shape index (κ3) is 3.08. The van der Waals surface area contributed by atoms with Crippen molar-refractivity contribution in [2.24, 2.45) is 0 Å². The number of esters is 1. The molecule has 0 unspecified atom stereocenters. The van der Waals surface area contributed by atoms with Crippen LogP contribution in [-0.4, -0.2) is 44.0 Å². The topological polar surface area (TPSA) is 63.2 Å². The van der Waals surface area contributed by atoms with Crippen LogP contribution in [-0.2, 0) is 28.5 Å². The number of hydrogen-bond acceptors (Lipinski definition) is 6. The Kier molecular flexibility index (Phi) is 4.13. The minimum absolute atomic E-state index is 0.145. The molecule has 2 heterocycles. The lowest BCUT2D eigenvalue weighted by Crippen LogP contribution is -2.30. The van der Waals surface area contributed by atoms with Gasteiger partial charge < -0.3 is 23.7 Å². The lowest BCUT2D eigenvalue weighted by molar-refractivity contribution is -0.190. The van der Waals surface area contributed by atoms with E-state index in [4.69, 9.17) is 23.7 Å². The average Bonchev–Trinajstić information content (AvgIpc) is 2.77. The largest absolute Gasteiger partial charge is 0.466 e. The lowest BCUT2D eigenvalue weighted by Gasteiger charge is -2.21. The molecule has 108 valence electrons. The molecule has 2 aliphatic rings. The molecule has 0 aromatic carbocycles. The van der Waals surface area contributed by atoms with Crippen molar-refractivity contribution in [2.45, 2.75) is 51.5 Å². The zero-order chi connectivity index (χ0) is 14.0. The van der Waals surface area contributed by atoms with Gasteiger partial charge in [-0.3, -0.25) is 4.79 Å². The standard InChI is InChI=1S/C13H20O6/c1-5-16-9(14)7-6-8-10(15-4)11-12(17-8)19-13(2,3)18-11/h6,10-12H,5,7H2,1-4H3/b8-6-/t10-,11+,12+/m0/s1. The van der Waals surface area contributed by atoms with Crippen molar-refractivity contribution in [3.63, 3.8) is 0 Å². The second-order valence-corrected chi connectivity index (χ2v) is 4.86. The van der Waals surface area contributed by atoms with Crippen molar-refractivity contribution in [3.8, 4) is 0 Å². The van der Waals surface area contributed by atoms with Crippen molar-refractivity contribution in [1.29, 1.82) is 0 Å². The molecular formula is C13H20O6. The first-order valence-corrected chi connectivity index (χ1v) is 6.37. The van der Waals surface area contributed by atoms with Crippen LogP contribution in [0.2, 0.25) is 0 Å². The van der Waals surface area contributed by atoms with Crippen LogP contribution >= 0.6 is 0 Å². The molecule has 0 amide bonds. The smallest absolute Gasteiger partial charge is 0.309 e. The fourth-order valence-electron chi connectivity index (χ4n) is 2.23. The van der Waals surface area contributed by atoms with E-state index >= 15 is 0 Å². The minimum atomic E-state index is -0.682. The molecule has 0 N–H and O–H groups in total. The van der Waals surface area contributed by atoms with Gasteiger partial charge in [0.1, 0.15) is 11.9 Å². The summed E-state index contributed by atoms with van der Waals surface area (Å²) in [6.07, 6.45) is 0.638. The van der Waals surface area contributed by atoms with Crippen LogP contribution < -0.4 is 0 Å². The van der Waals surface area contributed by atoms with Crippen molar-refractivity contribution < 1.29 is 28.5 Å². The summed E-state index contributed by atoms with van der Waals surface area (Å²) in [4.78, 5) is 11.3. The SMILES string of the molecule is CCOC(=O)C/C=C1\O[C@@H]2OC(C)(C)O[C@@H]2[C@H]1OC. The second kappa shape index (κ2) is 5.48. The molecule has 3 atom stereocenters. The highest BCUT2D eigenvalue weighted by Gasteiger charge is 2.53. The molecule has 0 aromatic rings. The van der Waals surface area contributed by atoms with Crippen LogP contribution in [0.25, 0.3) is 0 Å². The molecule has 2 aliphatic heterocycles. The first kappa shape index (κ1) is 14.3. The number of carbonyl (C=O) groups excluding carboxylic acids is 1. The fraction of sp³-hybridized carbons (Fsp3) is 0.769. The average molecular weight is 272 g/mol. The van der Waals surface area contributed by atoms with Crippen molar-refractivity contribution in [2.75, 3.05) is 13.7 Å². The molecule has 2 saturated heterocycles. The monoisotopic (exact) mass is 272 g/mol. The highest BCUT2D eigenvalue weighted by atomic mass is 16.8. The van der Waals surface area contributed by atoms with Gasteiger partial charge in [0.15, 0.2) is 11.9 Å². The number of carbonyl (C=O) groups is 1. The van der Waals surface area contributed by atoms with Crippen molar-refractivity contribution in [3.05, 3.63) is 11.8 Å². The van der Waals surface area contributed by atoms with Crippen LogP contribution in [0.3, 0.4) is 0 Å². The van der Waals surface area contributed by atoms with Crippen LogP contribution in [0.4, 0.5) is 0 Å². The Labute approximate surface area is 112 Å². The van der Waals surface area contributed by atoms with Gasteiger partial charge in [-0.15, -0.1) is 0 Å². The van der Waals surface area contributed by atoms with E-state index in [1.165, 1.54) is 0 Å². The van der Waals surface area contributed by atoms with Gasteiger partial charge in [-0.1, -0.05) is 0 Å². The van der Waals surface area contributed by atoms with E-state index in [0.717, 1.165) is 0 Å². The highest BCUT2D eigenvalue weighted by Crippen LogP contribution is 2.40. The van der Waals surface area contributed by atoms with E-state index in [1.54, 1.807) is 20.1 Å². The number of hydrogen-bond donors (Lipinski definition) is 0. The van der Waals surface area contributed by atoms with E-state index in [2.05, 4.69) is 0 Å². The third-order valence-electron chi connectivity index (χ3n) is 2.95. The molecular weight excluding hydrogens is 252 g/mol. The van der Waals surface area contributed by atoms with Gasteiger partial charge in [-0.05, 0) is 26.8 Å². The van der Waals surface area contributed by atoms with Gasteiger partial charge in [-0.2, -0.15) is 0 Å². The molecule has 2 rings (SSSR count). The van der Waals surface area contributed by atoms with E-state index in [9.17, 15) is 4.79 Å². The number of ether oxygens (including phenoxy) is 5. The minimum Gasteiger partial charge on any atom is -0.466 e. The Morgan fingerprint density at radius 3 is 2.79 bits per heavy atom. The summed E-state index contributed by atoms with van der Waals surface area (Å²) in [5.74, 6) is -0.424. The summed E-state index contributed by atoms with van der Waals surface area (Å²) in [5.41, 5.74) is 0. The predicted molar refractivity (Wildman–Crippen MR) is 65.0 cm³/mol. The molecule has 19 heavy (non-hydrogen) atoms. The molecule has 0 aromatic heterocycles. The molecule has 0 saturated carbocycles. The number of methoxy groups -OCH3 is 1. The van der Waals surface area contributed by atoms with E-state index < -0.39 is 12.1 Å². The summed E-state index contributed by atoms with van der Waals surface area (Å²) in [6.45, 7) is 5.78. The summed E-state index contributed by atoms with van der Waals surface area (Å²) in [7, 11) is 1.57. The van der Waals surface area contributed by atoms with Crippen molar-refractivity contribution >= 4 is 5.97 Å². The summed E-state index contributed by atoms with van der Waals surface area (Å²) in [5, 5.41) is 0.